The van der Waals surface area contributed by atoms with Crippen LogP contribution in [0, 0.1) is 0 Å². The summed E-state index contributed by atoms with van der Waals surface area (Å²) in [5.41, 5.74) is 0.936. The van der Waals surface area contributed by atoms with Gasteiger partial charge < -0.3 is 5.11 Å². The predicted octanol–water partition coefficient (Wildman–Crippen LogP) is 3.05. The molecular formula is C12H12BrNOS. The molecule has 0 aliphatic carbocycles. The first kappa shape index (κ1) is 11.8. The highest BCUT2D eigenvalue weighted by Crippen LogP contribution is 2.23. The van der Waals surface area contributed by atoms with E-state index >= 15 is 0 Å². The molecule has 2 aromatic heterocycles. The molecule has 84 valence electrons. The van der Waals surface area contributed by atoms with Crippen LogP contribution in [0.25, 0.3) is 0 Å². The Bertz CT molecular complexity index is 443. The fraction of sp³-hybridized carbons (Fsp3) is 0.250. The van der Waals surface area contributed by atoms with Gasteiger partial charge in [-0.3, -0.25) is 4.98 Å². The number of nitrogens with zero attached hydrogens (tertiary/aromatic N) is 1. The molecule has 2 nitrogen and oxygen atoms in total. The fourth-order valence-corrected chi connectivity index (χ4v) is 3.08. The molecule has 1 unspecified atom stereocenters. The molecule has 4 heteroatoms. The lowest BCUT2D eigenvalue weighted by molar-refractivity contribution is 0.175. The average molecular weight is 298 g/mol. The van der Waals surface area contributed by atoms with Gasteiger partial charge in [0.15, 0.2) is 0 Å². The largest absolute Gasteiger partial charge is 0.392 e. The van der Waals surface area contributed by atoms with E-state index in [0.717, 1.165) is 9.48 Å². The van der Waals surface area contributed by atoms with Gasteiger partial charge in [-0.2, -0.15) is 0 Å². The van der Waals surface area contributed by atoms with E-state index in [1.807, 2.05) is 30.3 Å². The molecular weight excluding hydrogens is 286 g/mol. The van der Waals surface area contributed by atoms with Crippen molar-refractivity contribution in [3.05, 3.63) is 50.9 Å². The Morgan fingerprint density at radius 3 is 2.75 bits per heavy atom. The van der Waals surface area contributed by atoms with Crippen LogP contribution in [-0.4, -0.2) is 16.2 Å². The third-order valence-corrected chi connectivity index (χ3v) is 3.88. The molecule has 0 aromatic carbocycles. The zero-order chi connectivity index (χ0) is 11.4. The molecule has 0 aliphatic heterocycles. The smallest absolute Gasteiger partial charge is 0.0701 e. The van der Waals surface area contributed by atoms with E-state index < -0.39 is 0 Å². The summed E-state index contributed by atoms with van der Waals surface area (Å²) < 4.78 is 1.10. The van der Waals surface area contributed by atoms with Crippen molar-refractivity contribution in [3.63, 3.8) is 0 Å². The molecule has 1 N–H and O–H groups in total. The summed E-state index contributed by atoms with van der Waals surface area (Å²) in [5.74, 6) is 0. The second-order valence-electron chi connectivity index (χ2n) is 3.59. The first-order chi connectivity index (χ1) is 7.74. The number of aliphatic hydroxyl groups is 1. The van der Waals surface area contributed by atoms with Crippen LogP contribution < -0.4 is 0 Å². The van der Waals surface area contributed by atoms with E-state index in [0.29, 0.717) is 12.8 Å². The minimum absolute atomic E-state index is 0.361. The van der Waals surface area contributed by atoms with Gasteiger partial charge in [0.25, 0.3) is 0 Å². The lowest BCUT2D eigenvalue weighted by Crippen LogP contribution is -2.13. The second kappa shape index (κ2) is 5.57. The summed E-state index contributed by atoms with van der Waals surface area (Å²) in [4.78, 5) is 5.39. The number of halogens is 1. The van der Waals surface area contributed by atoms with Gasteiger partial charge in [0.2, 0.25) is 0 Å². The van der Waals surface area contributed by atoms with E-state index in [1.54, 1.807) is 17.5 Å². The van der Waals surface area contributed by atoms with Crippen molar-refractivity contribution in [2.24, 2.45) is 0 Å². The quantitative estimate of drug-likeness (QED) is 0.941. The minimum atomic E-state index is -0.361. The zero-order valence-corrected chi connectivity index (χ0v) is 11.0. The monoisotopic (exact) mass is 297 g/mol. The molecule has 2 heterocycles. The van der Waals surface area contributed by atoms with Gasteiger partial charge in [0.05, 0.1) is 9.89 Å². The zero-order valence-electron chi connectivity index (χ0n) is 8.64. The first-order valence-corrected chi connectivity index (χ1v) is 6.67. The highest BCUT2D eigenvalue weighted by atomic mass is 79.9. The summed E-state index contributed by atoms with van der Waals surface area (Å²) >= 11 is 5.08. The molecule has 0 amide bonds. The van der Waals surface area contributed by atoms with Crippen LogP contribution in [0.15, 0.2) is 40.3 Å². The van der Waals surface area contributed by atoms with Gasteiger partial charge in [-0.25, -0.2) is 0 Å². The fourth-order valence-electron chi connectivity index (χ4n) is 1.53. The molecule has 0 radical (unpaired) electrons. The van der Waals surface area contributed by atoms with Crippen LogP contribution in [-0.2, 0) is 12.8 Å². The normalized spacial score (nSPS) is 12.6. The summed E-state index contributed by atoms with van der Waals surface area (Å²) in [6, 6.07) is 9.81. The lowest BCUT2D eigenvalue weighted by atomic mass is 10.1. The van der Waals surface area contributed by atoms with Crippen LogP contribution in [0.1, 0.15) is 10.6 Å². The molecule has 0 spiro atoms. The van der Waals surface area contributed by atoms with Crippen LogP contribution in [0.5, 0.6) is 0 Å². The Hall–Kier alpha value is -0.710. The van der Waals surface area contributed by atoms with Gasteiger partial charge in [-0.05, 0) is 40.2 Å². The van der Waals surface area contributed by atoms with Gasteiger partial charge >= 0.3 is 0 Å². The van der Waals surface area contributed by atoms with Crippen LogP contribution >= 0.6 is 27.3 Å². The van der Waals surface area contributed by atoms with Crippen LogP contribution in [0.2, 0.25) is 0 Å². The van der Waals surface area contributed by atoms with Crippen molar-refractivity contribution in [1.82, 2.24) is 4.98 Å². The Morgan fingerprint density at radius 2 is 2.12 bits per heavy atom. The summed E-state index contributed by atoms with van der Waals surface area (Å²) in [6.07, 6.45) is 2.69. The molecule has 0 saturated heterocycles. The van der Waals surface area contributed by atoms with Gasteiger partial charge in [-0.15, -0.1) is 11.3 Å². The maximum absolute atomic E-state index is 9.92. The SMILES string of the molecule is OC(Cc1ccccn1)Cc1ccc(Br)s1. The summed E-state index contributed by atoms with van der Waals surface area (Å²) in [6.45, 7) is 0. The topological polar surface area (TPSA) is 33.1 Å². The highest BCUT2D eigenvalue weighted by molar-refractivity contribution is 9.11. The van der Waals surface area contributed by atoms with E-state index in [9.17, 15) is 5.11 Å². The van der Waals surface area contributed by atoms with E-state index in [2.05, 4.69) is 20.9 Å². The molecule has 2 rings (SSSR count). The number of pyridine rings is 1. The van der Waals surface area contributed by atoms with Crippen molar-refractivity contribution in [1.29, 1.82) is 0 Å². The predicted molar refractivity (Wildman–Crippen MR) is 69.7 cm³/mol. The van der Waals surface area contributed by atoms with Crippen molar-refractivity contribution in [2.75, 3.05) is 0 Å². The maximum atomic E-state index is 9.92. The molecule has 0 bridgehead atoms. The first-order valence-electron chi connectivity index (χ1n) is 5.06. The summed E-state index contributed by atoms with van der Waals surface area (Å²) in [5, 5.41) is 9.92. The van der Waals surface area contributed by atoms with Crippen molar-refractivity contribution in [3.8, 4) is 0 Å². The Labute approximate surface area is 107 Å². The van der Waals surface area contributed by atoms with Crippen molar-refractivity contribution < 1.29 is 5.11 Å². The Morgan fingerprint density at radius 1 is 1.25 bits per heavy atom. The number of hydrogen-bond acceptors (Lipinski definition) is 3. The summed E-state index contributed by atoms with van der Waals surface area (Å²) in [7, 11) is 0. The number of rotatable bonds is 4. The van der Waals surface area contributed by atoms with Crippen molar-refractivity contribution >= 4 is 27.3 Å². The van der Waals surface area contributed by atoms with Gasteiger partial charge in [-0.1, -0.05) is 6.07 Å². The lowest BCUT2D eigenvalue weighted by Gasteiger charge is -2.08. The molecule has 1 atom stereocenters. The molecule has 2 aromatic rings. The molecule has 0 saturated carbocycles. The minimum Gasteiger partial charge on any atom is -0.392 e. The second-order valence-corrected chi connectivity index (χ2v) is 6.14. The van der Waals surface area contributed by atoms with Crippen molar-refractivity contribution in [2.45, 2.75) is 18.9 Å². The third kappa shape index (κ3) is 3.40. The molecule has 16 heavy (non-hydrogen) atoms. The van der Waals surface area contributed by atoms with E-state index in [1.165, 1.54) is 4.88 Å². The number of hydrogen-bond donors (Lipinski definition) is 1. The number of aromatic nitrogens is 1. The molecule has 0 aliphatic rings. The van der Waals surface area contributed by atoms with E-state index in [-0.39, 0.29) is 6.10 Å². The number of thiophene rings is 1. The highest BCUT2D eigenvalue weighted by Gasteiger charge is 2.09. The maximum Gasteiger partial charge on any atom is 0.0701 e. The Kier molecular flexibility index (Phi) is 4.09. The van der Waals surface area contributed by atoms with Crippen LogP contribution in [0.4, 0.5) is 0 Å². The van der Waals surface area contributed by atoms with Crippen LogP contribution in [0.3, 0.4) is 0 Å². The molecule has 0 fully saturated rings. The van der Waals surface area contributed by atoms with Gasteiger partial charge in [0.1, 0.15) is 0 Å². The average Bonchev–Trinajstić information content (AvgIpc) is 2.65. The van der Waals surface area contributed by atoms with E-state index in [4.69, 9.17) is 0 Å². The third-order valence-electron chi connectivity index (χ3n) is 2.24. The standard InChI is InChI=1S/C12H12BrNOS/c13-12-5-4-11(16-12)8-10(15)7-9-3-1-2-6-14-9/h1-6,10,15H,7-8H2. The number of aliphatic hydroxyl groups excluding tert-OH is 1. The van der Waals surface area contributed by atoms with Gasteiger partial charge in [0, 0.05) is 29.6 Å². The Balaban J connectivity index is 1.92.